The van der Waals surface area contributed by atoms with Crippen molar-refractivity contribution >= 4 is 22.0 Å². The summed E-state index contributed by atoms with van der Waals surface area (Å²) >= 11 is 0. The van der Waals surface area contributed by atoms with Gasteiger partial charge in [-0.15, -0.1) is 0 Å². The molecule has 1 aromatic rings. The van der Waals surface area contributed by atoms with Crippen molar-refractivity contribution in [3.05, 3.63) is 17.8 Å². The van der Waals surface area contributed by atoms with E-state index >= 15 is 0 Å². The molecule has 1 N–H and O–H groups in total. The number of nitrogens with zero attached hydrogens (tertiary/aromatic N) is 1. The number of rotatable bonds is 5. The molecule has 1 aliphatic carbocycles. The van der Waals surface area contributed by atoms with E-state index in [1.54, 1.807) is 0 Å². The Morgan fingerprint density at radius 2 is 2.24 bits per heavy atom. The highest BCUT2D eigenvalue weighted by molar-refractivity contribution is 7.93. The third-order valence-corrected chi connectivity index (χ3v) is 4.27. The molecule has 6 nitrogen and oxygen atoms in total. The second-order valence-corrected chi connectivity index (χ2v) is 5.75. The van der Waals surface area contributed by atoms with E-state index in [1.807, 2.05) is 0 Å². The van der Waals surface area contributed by atoms with Gasteiger partial charge < -0.3 is 4.74 Å². The lowest BCUT2D eigenvalue weighted by Gasteiger charge is -2.10. The number of nitrogens with one attached hydrogen (secondary N) is 1. The van der Waals surface area contributed by atoms with E-state index in [2.05, 4.69) is 9.71 Å². The fourth-order valence-electron chi connectivity index (χ4n) is 1.38. The molecule has 0 radical (unpaired) electrons. The zero-order chi connectivity index (χ0) is 12.5. The first kappa shape index (κ1) is 11.8. The Morgan fingerprint density at radius 1 is 1.53 bits per heavy atom. The van der Waals surface area contributed by atoms with Gasteiger partial charge in [-0.3, -0.25) is 9.52 Å². The molecule has 1 saturated carbocycles. The van der Waals surface area contributed by atoms with Crippen molar-refractivity contribution in [1.29, 1.82) is 0 Å². The monoisotopic (exact) mass is 256 g/mol. The Balaban J connectivity index is 2.32. The van der Waals surface area contributed by atoms with Crippen LogP contribution >= 0.6 is 0 Å². The van der Waals surface area contributed by atoms with Crippen molar-refractivity contribution in [2.45, 2.75) is 18.1 Å². The number of anilines is 1. The number of methoxy groups -OCH3 is 1. The van der Waals surface area contributed by atoms with Crippen LogP contribution in [-0.2, 0) is 10.0 Å². The number of ether oxygens (including phenoxy) is 1. The van der Waals surface area contributed by atoms with Gasteiger partial charge in [0, 0.05) is 11.8 Å². The molecular weight excluding hydrogens is 244 g/mol. The predicted molar refractivity (Wildman–Crippen MR) is 61.7 cm³/mol. The van der Waals surface area contributed by atoms with Crippen molar-refractivity contribution in [3.8, 4) is 5.88 Å². The second-order valence-electron chi connectivity index (χ2n) is 3.79. The summed E-state index contributed by atoms with van der Waals surface area (Å²) in [5.41, 5.74) is 0.489. The number of hydrogen-bond donors (Lipinski definition) is 1. The van der Waals surface area contributed by atoms with Crippen LogP contribution in [-0.4, -0.2) is 32.0 Å². The van der Waals surface area contributed by atoms with Gasteiger partial charge in [-0.2, -0.15) is 0 Å². The van der Waals surface area contributed by atoms with E-state index in [0.29, 0.717) is 24.7 Å². The third kappa shape index (κ3) is 2.55. The van der Waals surface area contributed by atoms with Crippen LogP contribution in [0.4, 0.5) is 5.69 Å². The van der Waals surface area contributed by atoms with Gasteiger partial charge >= 0.3 is 0 Å². The highest BCUT2D eigenvalue weighted by Crippen LogP contribution is 2.32. The molecule has 0 aliphatic heterocycles. The standard InChI is InChI=1S/C10H12N2O4S/c1-16-10-9(4-7(6-13)5-11-10)12-17(14,15)8-2-3-8/h4-6,8,12H,2-3H2,1H3. The van der Waals surface area contributed by atoms with Gasteiger partial charge in [-0.25, -0.2) is 13.4 Å². The minimum atomic E-state index is -3.38. The molecule has 0 aromatic carbocycles. The Kier molecular flexibility index (Phi) is 3.01. The highest BCUT2D eigenvalue weighted by atomic mass is 32.2. The second kappa shape index (κ2) is 4.33. The Bertz CT molecular complexity index is 537. The minimum absolute atomic E-state index is 0.153. The summed E-state index contributed by atoms with van der Waals surface area (Å²) in [7, 11) is -2.00. The lowest BCUT2D eigenvalue weighted by atomic mass is 10.3. The molecule has 0 amide bonds. The molecule has 0 atom stereocenters. The first-order valence-corrected chi connectivity index (χ1v) is 6.62. The quantitative estimate of drug-likeness (QED) is 0.788. The van der Waals surface area contributed by atoms with E-state index in [-0.39, 0.29) is 16.8 Å². The highest BCUT2D eigenvalue weighted by Gasteiger charge is 2.36. The van der Waals surface area contributed by atoms with Gasteiger partial charge in [-0.05, 0) is 18.9 Å². The Morgan fingerprint density at radius 3 is 2.76 bits per heavy atom. The molecule has 0 unspecified atom stereocenters. The minimum Gasteiger partial charge on any atom is -0.480 e. The van der Waals surface area contributed by atoms with Crippen LogP contribution < -0.4 is 9.46 Å². The summed E-state index contributed by atoms with van der Waals surface area (Å²) in [6.07, 6.45) is 3.25. The zero-order valence-corrected chi connectivity index (χ0v) is 10.0. The number of aldehydes is 1. The first-order chi connectivity index (χ1) is 8.06. The SMILES string of the molecule is COc1ncc(C=O)cc1NS(=O)(=O)C1CC1. The van der Waals surface area contributed by atoms with E-state index in [9.17, 15) is 13.2 Å². The van der Waals surface area contributed by atoms with Crippen LogP contribution in [0.5, 0.6) is 5.88 Å². The normalized spacial score (nSPS) is 15.4. The van der Waals surface area contributed by atoms with Crippen LogP contribution in [0.15, 0.2) is 12.3 Å². The van der Waals surface area contributed by atoms with Crippen LogP contribution in [0.25, 0.3) is 0 Å². The molecule has 2 rings (SSSR count). The topological polar surface area (TPSA) is 85.4 Å². The fourth-order valence-corrected chi connectivity index (χ4v) is 2.76. The molecule has 1 aliphatic rings. The molecule has 92 valence electrons. The van der Waals surface area contributed by atoms with Crippen molar-refractivity contribution in [2.75, 3.05) is 11.8 Å². The summed E-state index contributed by atoms with van der Waals surface area (Å²) in [5.74, 6) is 0.153. The van der Waals surface area contributed by atoms with Crippen molar-refractivity contribution in [1.82, 2.24) is 4.98 Å². The molecule has 1 aromatic heterocycles. The summed E-state index contributed by atoms with van der Waals surface area (Å²) in [5, 5.41) is -0.341. The number of carbonyl (C=O) groups is 1. The van der Waals surface area contributed by atoms with Crippen LogP contribution in [0, 0.1) is 0 Å². The number of sulfonamides is 1. The molecular formula is C10H12N2O4S. The maximum absolute atomic E-state index is 11.7. The smallest absolute Gasteiger partial charge is 0.238 e. The van der Waals surface area contributed by atoms with Gasteiger partial charge in [-0.1, -0.05) is 0 Å². The van der Waals surface area contributed by atoms with E-state index in [0.717, 1.165) is 0 Å². The molecule has 0 spiro atoms. The predicted octanol–water partition coefficient (Wildman–Crippen LogP) is 0.807. The molecule has 1 fully saturated rings. The van der Waals surface area contributed by atoms with Crippen LogP contribution in [0.3, 0.4) is 0 Å². The maximum atomic E-state index is 11.7. The first-order valence-electron chi connectivity index (χ1n) is 5.07. The maximum Gasteiger partial charge on any atom is 0.238 e. The van der Waals surface area contributed by atoms with Gasteiger partial charge in [0.15, 0.2) is 6.29 Å². The average molecular weight is 256 g/mol. The number of pyridine rings is 1. The number of aromatic nitrogens is 1. The molecule has 7 heteroatoms. The van der Waals surface area contributed by atoms with Crippen molar-refractivity contribution in [2.24, 2.45) is 0 Å². The van der Waals surface area contributed by atoms with E-state index in [1.165, 1.54) is 19.4 Å². The lowest BCUT2D eigenvalue weighted by molar-refractivity contribution is 0.112. The molecule has 0 bridgehead atoms. The van der Waals surface area contributed by atoms with Gasteiger partial charge in [0.25, 0.3) is 0 Å². The van der Waals surface area contributed by atoms with Crippen molar-refractivity contribution in [3.63, 3.8) is 0 Å². The van der Waals surface area contributed by atoms with Gasteiger partial charge in [0.2, 0.25) is 15.9 Å². The lowest BCUT2D eigenvalue weighted by Crippen LogP contribution is -2.18. The van der Waals surface area contributed by atoms with Crippen LogP contribution in [0.2, 0.25) is 0 Å². The van der Waals surface area contributed by atoms with Gasteiger partial charge in [0.1, 0.15) is 5.69 Å². The average Bonchev–Trinajstić information content (AvgIpc) is 3.12. The summed E-state index contributed by atoms with van der Waals surface area (Å²) in [6.45, 7) is 0. The summed E-state index contributed by atoms with van der Waals surface area (Å²) in [6, 6.07) is 1.40. The Labute approximate surface area is 99.1 Å². The summed E-state index contributed by atoms with van der Waals surface area (Å²) < 4.78 is 30.8. The number of carbonyl (C=O) groups excluding carboxylic acids is 1. The van der Waals surface area contributed by atoms with E-state index < -0.39 is 10.0 Å². The molecule has 0 saturated heterocycles. The van der Waals surface area contributed by atoms with Crippen molar-refractivity contribution < 1.29 is 17.9 Å². The Hall–Kier alpha value is -1.63. The fraction of sp³-hybridized carbons (Fsp3) is 0.400. The zero-order valence-electron chi connectivity index (χ0n) is 9.21. The molecule has 1 heterocycles. The van der Waals surface area contributed by atoms with E-state index in [4.69, 9.17) is 4.74 Å². The summed E-state index contributed by atoms with van der Waals surface area (Å²) in [4.78, 5) is 14.5. The molecule has 17 heavy (non-hydrogen) atoms. The third-order valence-electron chi connectivity index (χ3n) is 2.42. The van der Waals surface area contributed by atoms with Gasteiger partial charge in [0.05, 0.1) is 12.4 Å². The number of hydrogen-bond acceptors (Lipinski definition) is 5. The van der Waals surface area contributed by atoms with Crippen LogP contribution in [0.1, 0.15) is 23.2 Å². The largest absolute Gasteiger partial charge is 0.480 e.